The molecule has 0 heterocycles. The van der Waals surface area contributed by atoms with E-state index >= 15 is 0 Å². The number of carbonyl (C=O) groups excluding carboxylic acids is 1. The van der Waals surface area contributed by atoms with Crippen molar-refractivity contribution in [3.8, 4) is 5.75 Å². The standard InChI is InChI=1S/C13H12BrF3O2/c14-11(8-2-1-3-8)12(18)9-4-6-10(7-5-9)19-13(15,16)17/h4-8,11H,1-3H2. The largest absolute Gasteiger partial charge is 0.573 e. The Kier molecular flexibility index (Phi) is 4.18. The molecule has 2 rings (SSSR count). The molecule has 1 aliphatic carbocycles. The van der Waals surface area contributed by atoms with Crippen LogP contribution in [0.2, 0.25) is 0 Å². The average molecular weight is 337 g/mol. The van der Waals surface area contributed by atoms with E-state index in [1.807, 2.05) is 0 Å². The van der Waals surface area contributed by atoms with Gasteiger partial charge in [-0.2, -0.15) is 0 Å². The molecule has 0 radical (unpaired) electrons. The molecular formula is C13H12BrF3O2. The van der Waals surface area contributed by atoms with Gasteiger partial charge in [0, 0.05) is 5.56 Å². The van der Waals surface area contributed by atoms with Gasteiger partial charge in [-0.3, -0.25) is 4.79 Å². The average Bonchev–Trinajstić information content (AvgIpc) is 2.24. The molecular weight excluding hydrogens is 325 g/mol. The minimum atomic E-state index is -4.71. The molecule has 0 saturated heterocycles. The highest BCUT2D eigenvalue weighted by atomic mass is 79.9. The van der Waals surface area contributed by atoms with Gasteiger partial charge < -0.3 is 4.74 Å². The van der Waals surface area contributed by atoms with Gasteiger partial charge in [0.15, 0.2) is 5.78 Å². The van der Waals surface area contributed by atoms with E-state index in [-0.39, 0.29) is 16.4 Å². The first-order valence-corrected chi connectivity index (χ1v) is 6.82. The Morgan fingerprint density at radius 3 is 2.26 bits per heavy atom. The topological polar surface area (TPSA) is 26.3 Å². The van der Waals surface area contributed by atoms with Crippen molar-refractivity contribution in [2.75, 3.05) is 0 Å². The number of benzene rings is 1. The number of carbonyl (C=O) groups is 1. The van der Waals surface area contributed by atoms with E-state index in [9.17, 15) is 18.0 Å². The molecule has 6 heteroatoms. The summed E-state index contributed by atoms with van der Waals surface area (Å²) in [4.78, 5) is 11.8. The van der Waals surface area contributed by atoms with Gasteiger partial charge in [-0.15, -0.1) is 13.2 Å². The van der Waals surface area contributed by atoms with Crippen molar-refractivity contribution >= 4 is 21.7 Å². The molecule has 0 aromatic heterocycles. The maximum Gasteiger partial charge on any atom is 0.573 e. The van der Waals surface area contributed by atoms with Gasteiger partial charge in [0.25, 0.3) is 0 Å². The number of rotatable bonds is 4. The number of halogens is 4. The molecule has 19 heavy (non-hydrogen) atoms. The summed E-state index contributed by atoms with van der Waals surface area (Å²) in [6.45, 7) is 0. The monoisotopic (exact) mass is 336 g/mol. The Labute approximate surface area is 117 Å². The van der Waals surface area contributed by atoms with E-state index < -0.39 is 6.36 Å². The molecule has 1 aromatic rings. The SMILES string of the molecule is O=C(c1ccc(OC(F)(F)F)cc1)C(Br)C1CCC1. The van der Waals surface area contributed by atoms with Crippen LogP contribution in [0.3, 0.4) is 0 Å². The van der Waals surface area contributed by atoms with Crippen LogP contribution < -0.4 is 4.74 Å². The minimum Gasteiger partial charge on any atom is -0.406 e. The second-order valence-corrected chi connectivity index (χ2v) is 5.52. The lowest BCUT2D eigenvalue weighted by Gasteiger charge is -2.29. The quantitative estimate of drug-likeness (QED) is 0.604. The van der Waals surface area contributed by atoms with Gasteiger partial charge in [0.05, 0.1) is 4.83 Å². The first-order chi connectivity index (χ1) is 8.87. The van der Waals surface area contributed by atoms with Crippen molar-refractivity contribution in [3.05, 3.63) is 29.8 Å². The third kappa shape index (κ3) is 3.72. The zero-order chi connectivity index (χ0) is 14.0. The van der Waals surface area contributed by atoms with E-state index in [1.165, 1.54) is 12.1 Å². The first-order valence-electron chi connectivity index (χ1n) is 5.91. The number of ketones is 1. The molecule has 1 unspecified atom stereocenters. The van der Waals surface area contributed by atoms with Crippen LogP contribution in [0.5, 0.6) is 5.75 Å². The summed E-state index contributed by atoms with van der Waals surface area (Å²) in [6.07, 6.45) is -1.57. The van der Waals surface area contributed by atoms with Crippen molar-refractivity contribution in [2.45, 2.75) is 30.5 Å². The van der Waals surface area contributed by atoms with Gasteiger partial charge in [-0.1, -0.05) is 22.4 Å². The molecule has 104 valence electrons. The lowest BCUT2D eigenvalue weighted by Crippen LogP contribution is -2.29. The summed E-state index contributed by atoms with van der Waals surface area (Å²) < 4.78 is 39.7. The van der Waals surface area contributed by atoms with E-state index in [4.69, 9.17) is 0 Å². The summed E-state index contributed by atoms with van der Waals surface area (Å²) in [5.41, 5.74) is 0.392. The normalized spacial score (nSPS) is 17.7. The molecule has 0 aliphatic heterocycles. The second-order valence-electron chi connectivity index (χ2n) is 4.53. The molecule has 0 bridgehead atoms. The summed E-state index contributed by atoms with van der Waals surface area (Å²) in [7, 11) is 0. The van der Waals surface area contributed by atoms with Crippen molar-refractivity contribution in [1.82, 2.24) is 0 Å². The number of ether oxygens (including phenoxy) is 1. The number of hydrogen-bond acceptors (Lipinski definition) is 2. The fraction of sp³-hybridized carbons (Fsp3) is 0.462. The molecule has 0 amide bonds. The fourth-order valence-electron chi connectivity index (χ4n) is 1.93. The Balaban J connectivity index is 2.03. The number of alkyl halides is 4. The maximum atomic E-state index is 12.1. The Bertz CT molecular complexity index is 452. The van der Waals surface area contributed by atoms with Crippen LogP contribution in [-0.4, -0.2) is 17.0 Å². The lowest BCUT2D eigenvalue weighted by molar-refractivity contribution is -0.274. The number of hydrogen-bond donors (Lipinski definition) is 0. The maximum absolute atomic E-state index is 12.1. The zero-order valence-electron chi connectivity index (χ0n) is 9.91. The van der Waals surface area contributed by atoms with Gasteiger partial charge in [0.2, 0.25) is 0 Å². The highest BCUT2D eigenvalue weighted by Gasteiger charge is 2.32. The van der Waals surface area contributed by atoms with Crippen molar-refractivity contribution in [3.63, 3.8) is 0 Å². The first kappa shape index (κ1) is 14.4. The van der Waals surface area contributed by atoms with Crippen LogP contribution in [-0.2, 0) is 0 Å². The Morgan fingerprint density at radius 2 is 1.84 bits per heavy atom. The molecule has 1 aliphatic rings. The van der Waals surface area contributed by atoms with E-state index in [2.05, 4.69) is 20.7 Å². The molecule has 0 N–H and O–H groups in total. The lowest BCUT2D eigenvalue weighted by atomic mass is 9.81. The van der Waals surface area contributed by atoms with Crippen LogP contribution in [0.25, 0.3) is 0 Å². The van der Waals surface area contributed by atoms with Gasteiger partial charge >= 0.3 is 6.36 Å². The van der Waals surface area contributed by atoms with E-state index in [0.717, 1.165) is 31.4 Å². The molecule has 0 spiro atoms. The third-order valence-electron chi connectivity index (χ3n) is 3.19. The van der Waals surface area contributed by atoms with Crippen molar-refractivity contribution in [2.24, 2.45) is 5.92 Å². The molecule has 1 atom stereocenters. The van der Waals surface area contributed by atoms with Crippen LogP contribution in [0.4, 0.5) is 13.2 Å². The predicted octanol–water partition coefficient (Wildman–Crippen LogP) is 4.33. The highest BCUT2D eigenvalue weighted by Crippen LogP contribution is 2.35. The smallest absolute Gasteiger partial charge is 0.406 e. The van der Waals surface area contributed by atoms with Crippen LogP contribution in [0.15, 0.2) is 24.3 Å². The van der Waals surface area contributed by atoms with Gasteiger partial charge in [-0.05, 0) is 43.0 Å². The Morgan fingerprint density at radius 1 is 1.26 bits per heavy atom. The number of Topliss-reactive ketones (excluding diaryl/α,β-unsaturated/α-hetero) is 1. The summed E-state index contributed by atoms with van der Waals surface area (Å²) in [5.74, 6) is -0.0827. The van der Waals surface area contributed by atoms with Crippen molar-refractivity contribution in [1.29, 1.82) is 0 Å². The van der Waals surface area contributed by atoms with Crippen LogP contribution in [0.1, 0.15) is 29.6 Å². The van der Waals surface area contributed by atoms with E-state index in [1.54, 1.807) is 0 Å². The molecule has 1 aromatic carbocycles. The Hall–Kier alpha value is -1.04. The van der Waals surface area contributed by atoms with Gasteiger partial charge in [-0.25, -0.2) is 0 Å². The molecule has 2 nitrogen and oxygen atoms in total. The fourth-order valence-corrected chi connectivity index (χ4v) is 2.72. The van der Waals surface area contributed by atoms with Gasteiger partial charge in [0.1, 0.15) is 5.75 Å². The summed E-state index contributed by atoms with van der Waals surface area (Å²) >= 11 is 3.36. The zero-order valence-corrected chi connectivity index (χ0v) is 11.5. The predicted molar refractivity (Wildman–Crippen MR) is 67.5 cm³/mol. The van der Waals surface area contributed by atoms with Crippen LogP contribution in [0, 0.1) is 5.92 Å². The van der Waals surface area contributed by atoms with E-state index in [0.29, 0.717) is 11.5 Å². The van der Waals surface area contributed by atoms with Crippen molar-refractivity contribution < 1.29 is 22.7 Å². The highest BCUT2D eigenvalue weighted by molar-refractivity contribution is 9.10. The molecule has 1 saturated carbocycles. The summed E-state index contributed by atoms with van der Waals surface area (Å²) in [5, 5.41) is 0. The second kappa shape index (κ2) is 5.53. The summed E-state index contributed by atoms with van der Waals surface area (Å²) in [6, 6.07) is 5.02. The minimum absolute atomic E-state index is 0.0942. The van der Waals surface area contributed by atoms with Crippen LogP contribution >= 0.6 is 15.9 Å². The third-order valence-corrected chi connectivity index (χ3v) is 4.35. The molecule has 1 fully saturated rings.